The fourth-order valence-corrected chi connectivity index (χ4v) is 1.31. The highest BCUT2D eigenvalue weighted by molar-refractivity contribution is 5.91. The van der Waals surface area contributed by atoms with Crippen LogP contribution in [-0.2, 0) is 4.74 Å². The molecule has 1 aromatic rings. The van der Waals surface area contributed by atoms with Gasteiger partial charge >= 0.3 is 5.97 Å². The van der Waals surface area contributed by atoms with Crippen LogP contribution < -0.4 is 10.1 Å². The number of hydrogen-bond donors (Lipinski definition) is 1. The first-order chi connectivity index (χ1) is 9.15. The number of esters is 1. The van der Waals surface area contributed by atoms with Crippen molar-refractivity contribution in [1.29, 1.82) is 10.5 Å². The minimum absolute atomic E-state index is 0.0921. The van der Waals surface area contributed by atoms with E-state index >= 15 is 0 Å². The molecule has 0 fully saturated rings. The molecule has 96 valence electrons. The van der Waals surface area contributed by atoms with Crippen LogP contribution in [0.3, 0.4) is 0 Å². The minimum atomic E-state index is -0.490. The number of carbonyl (C=O) groups excluding carboxylic acids is 1. The largest absolute Gasteiger partial charge is 0.495 e. The van der Waals surface area contributed by atoms with Gasteiger partial charge in [0.2, 0.25) is 0 Å². The number of carbonyl (C=O) groups is 1. The molecule has 0 aliphatic rings. The van der Waals surface area contributed by atoms with Crippen molar-refractivity contribution >= 4 is 11.7 Å². The van der Waals surface area contributed by atoms with Crippen molar-refractivity contribution in [3.8, 4) is 17.9 Å². The number of methoxy groups -OCH3 is 2. The molecule has 0 unspecified atom stereocenters. The number of hydrogen-bond acceptors (Lipinski definition) is 6. The number of nitrogens with one attached hydrogen (secondary N) is 1. The second-order valence-corrected chi connectivity index (χ2v) is 3.33. The van der Waals surface area contributed by atoms with E-state index in [2.05, 4.69) is 10.1 Å². The number of nitriles is 2. The Morgan fingerprint density at radius 3 is 2.53 bits per heavy atom. The maximum Gasteiger partial charge on any atom is 0.337 e. The van der Waals surface area contributed by atoms with Crippen molar-refractivity contribution in [2.45, 2.75) is 0 Å². The van der Waals surface area contributed by atoms with Crippen molar-refractivity contribution in [1.82, 2.24) is 0 Å². The molecule has 0 amide bonds. The van der Waals surface area contributed by atoms with E-state index in [0.717, 1.165) is 0 Å². The van der Waals surface area contributed by atoms with Gasteiger partial charge in [-0.15, -0.1) is 0 Å². The monoisotopic (exact) mass is 257 g/mol. The van der Waals surface area contributed by atoms with Crippen LogP contribution >= 0.6 is 0 Å². The van der Waals surface area contributed by atoms with E-state index < -0.39 is 5.97 Å². The summed E-state index contributed by atoms with van der Waals surface area (Å²) in [6, 6.07) is 8.07. The molecule has 0 radical (unpaired) electrons. The Morgan fingerprint density at radius 1 is 1.32 bits per heavy atom. The maximum atomic E-state index is 11.4. The van der Waals surface area contributed by atoms with Gasteiger partial charge in [-0.3, -0.25) is 0 Å². The average molecular weight is 257 g/mol. The second kappa shape index (κ2) is 6.67. The smallest absolute Gasteiger partial charge is 0.337 e. The second-order valence-electron chi connectivity index (χ2n) is 3.33. The van der Waals surface area contributed by atoms with Gasteiger partial charge in [-0.05, 0) is 18.2 Å². The van der Waals surface area contributed by atoms with E-state index in [1.54, 1.807) is 24.3 Å². The van der Waals surface area contributed by atoms with Gasteiger partial charge in [0.1, 0.15) is 23.5 Å². The van der Waals surface area contributed by atoms with E-state index in [1.807, 2.05) is 0 Å². The third-order valence-corrected chi connectivity index (χ3v) is 2.23. The van der Waals surface area contributed by atoms with Gasteiger partial charge in [0.25, 0.3) is 0 Å². The number of benzene rings is 1. The topological polar surface area (TPSA) is 95.1 Å². The van der Waals surface area contributed by atoms with Crippen molar-refractivity contribution < 1.29 is 14.3 Å². The summed E-state index contributed by atoms with van der Waals surface area (Å²) in [5.74, 6) is -0.0189. The number of rotatable bonds is 4. The van der Waals surface area contributed by atoms with E-state index in [-0.39, 0.29) is 5.57 Å². The fourth-order valence-electron chi connectivity index (χ4n) is 1.31. The summed E-state index contributed by atoms with van der Waals surface area (Å²) in [6.07, 6.45) is 1.24. The molecule has 6 nitrogen and oxygen atoms in total. The Bertz CT molecular complexity index is 578. The van der Waals surface area contributed by atoms with Crippen LogP contribution in [0.2, 0.25) is 0 Å². The van der Waals surface area contributed by atoms with Crippen LogP contribution in [-0.4, -0.2) is 20.2 Å². The van der Waals surface area contributed by atoms with Crippen molar-refractivity contribution in [2.24, 2.45) is 0 Å². The average Bonchev–Trinajstić information content (AvgIpc) is 2.47. The summed E-state index contributed by atoms with van der Waals surface area (Å²) < 4.78 is 9.71. The molecule has 0 aromatic heterocycles. The predicted molar refractivity (Wildman–Crippen MR) is 67.3 cm³/mol. The Kier molecular flexibility index (Phi) is 4.94. The quantitative estimate of drug-likeness (QED) is 0.653. The molecule has 0 bridgehead atoms. The van der Waals surface area contributed by atoms with Crippen LogP contribution in [0, 0.1) is 22.7 Å². The lowest BCUT2D eigenvalue weighted by Crippen LogP contribution is -2.03. The normalized spacial score (nSPS) is 8.63. The molecule has 0 aliphatic carbocycles. The lowest BCUT2D eigenvalue weighted by Gasteiger charge is -2.09. The summed E-state index contributed by atoms with van der Waals surface area (Å²) in [7, 11) is 2.75. The number of anilines is 1. The molecule has 1 rings (SSSR count). The molecule has 19 heavy (non-hydrogen) atoms. The minimum Gasteiger partial charge on any atom is -0.495 e. The highest BCUT2D eigenvalue weighted by atomic mass is 16.5. The lowest BCUT2D eigenvalue weighted by molar-refractivity contribution is 0.0601. The summed E-state index contributed by atoms with van der Waals surface area (Å²) in [6.45, 7) is 0. The van der Waals surface area contributed by atoms with E-state index in [4.69, 9.17) is 15.3 Å². The first-order valence-corrected chi connectivity index (χ1v) is 5.19. The van der Waals surface area contributed by atoms with Gasteiger partial charge in [-0.1, -0.05) is 0 Å². The third-order valence-electron chi connectivity index (χ3n) is 2.23. The Balaban J connectivity index is 3.11. The van der Waals surface area contributed by atoms with Crippen LogP contribution in [0.15, 0.2) is 30.0 Å². The SMILES string of the molecule is COC(=O)c1ccc(OC)c(NC=C(C#N)C#N)c1. The zero-order valence-electron chi connectivity index (χ0n) is 10.4. The van der Waals surface area contributed by atoms with Gasteiger partial charge in [0.15, 0.2) is 0 Å². The van der Waals surface area contributed by atoms with Crippen LogP contribution in [0.25, 0.3) is 0 Å². The molecular weight excluding hydrogens is 246 g/mol. The van der Waals surface area contributed by atoms with Crippen LogP contribution in [0.5, 0.6) is 5.75 Å². The molecule has 0 spiro atoms. The molecule has 0 heterocycles. The summed E-state index contributed by atoms with van der Waals surface area (Å²) in [5, 5.41) is 20.0. The highest BCUT2D eigenvalue weighted by Gasteiger charge is 2.09. The summed E-state index contributed by atoms with van der Waals surface area (Å²) in [5.41, 5.74) is 0.689. The standard InChI is InChI=1S/C13H11N3O3/c1-18-12-4-3-10(13(17)19-2)5-11(12)16-8-9(6-14)7-15/h3-5,8,16H,1-2H3. The van der Waals surface area contributed by atoms with Gasteiger partial charge in [-0.2, -0.15) is 10.5 Å². The Hall–Kier alpha value is -2.99. The zero-order valence-corrected chi connectivity index (χ0v) is 10.4. The third kappa shape index (κ3) is 3.48. The molecule has 1 aromatic carbocycles. The van der Waals surface area contributed by atoms with E-state index in [9.17, 15) is 4.79 Å². The number of ether oxygens (including phenoxy) is 2. The predicted octanol–water partition coefficient (Wildman–Crippen LogP) is 1.82. The van der Waals surface area contributed by atoms with Gasteiger partial charge in [-0.25, -0.2) is 4.79 Å². The summed E-state index contributed by atoms with van der Waals surface area (Å²) >= 11 is 0. The molecule has 6 heteroatoms. The van der Waals surface area contributed by atoms with Crippen molar-refractivity contribution in [2.75, 3.05) is 19.5 Å². The van der Waals surface area contributed by atoms with Crippen molar-refractivity contribution in [3.05, 3.63) is 35.5 Å². The van der Waals surface area contributed by atoms with E-state index in [0.29, 0.717) is 17.0 Å². The Labute approximate surface area is 110 Å². The molecule has 1 N–H and O–H groups in total. The van der Waals surface area contributed by atoms with Gasteiger partial charge < -0.3 is 14.8 Å². The first-order valence-electron chi connectivity index (χ1n) is 5.19. The fraction of sp³-hybridized carbons (Fsp3) is 0.154. The number of nitrogens with zero attached hydrogens (tertiary/aromatic N) is 2. The van der Waals surface area contributed by atoms with E-state index in [1.165, 1.54) is 26.5 Å². The van der Waals surface area contributed by atoms with Gasteiger partial charge in [0, 0.05) is 6.20 Å². The maximum absolute atomic E-state index is 11.4. The van der Waals surface area contributed by atoms with Crippen LogP contribution in [0.4, 0.5) is 5.69 Å². The Morgan fingerprint density at radius 2 is 2.00 bits per heavy atom. The van der Waals surface area contributed by atoms with Crippen molar-refractivity contribution in [3.63, 3.8) is 0 Å². The van der Waals surface area contributed by atoms with Crippen LogP contribution in [0.1, 0.15) is 10.4 Å². The molecule has 0 aliphatic heterocycles. The molecule has 0 saturated heterocycles. The zero-order chi connectivity index (χ0) is 14.3. The number of allylic oxidation sites excluding steroid dienone is 1. The van der Waals surface area contributed by atoms with Gasteiger partial charge in [0.05, 0.1) is 25.5 Å². The highest BCUT2D eigenvalue weighted by Crippen LogP contribution is 2.26. The summed E-state index contributed by atoms with van der Waals surface area (Å²) in [4.78, 5) is 11.4. The molecular formula is C13H11N3O3. The molecule has 0 saturated carbocycles. The molecule has 0 atom stereocenters. The first kappa shape index (κ1) is 14.1. The lowest BCUT2D eigenvalue weighted by atomic mass is 10.2.